The van der Waals surface area contributed by atoms with Crippen molar-refractivity contribution in [2.75, 3.05) is 26.3 Å². The third-order valence-corrected chi connectivity index (χ3v) is 2.56. The average Bonchev–Trinajstić information content (AvgIpc) is 2.30. The fourth-order valence-electron chi connectivity index (χ4n) is 1.67. The number of pyridine rings is 1. The Hall–Kier alpha value is -1.42. The molecule has 80 valence electrons. The van der Waals surface area contributed by atoms with Gasteiger partial charge >= 0.3 is 0 Å². The molecule has 1 aliphatic heterocycles. The van der Waals surface area contributed by atoms with Crippen LogP contribution >= 0.6 is 0 Å². The summed E-state index contributed by atoms with van der Waals surface area (Å²) >= 11 is 0. The Bertz CT molecular complexity index is 359. The molecule has 0 unspecified atom stereocenters. The summed E-state index contributed by atoms with van der Waals surface area (Å²) in [7, 11) is 0. The highest BCUT2D eigenvalue weighted by Gasteiger charge is 2.17. The number of aromatic nitrogens is 1. The highest BCUT2D eigenvalue weighted by atomic mass is 16.5. The van der Waals surface area contributed by atoms with Gasteiger partial charge in [0.05, 0.1) is 13.2 Å². The van der Waals surface area contributed by atoms with Gasteiger partial charge < -0.3 is 9.64 Å². The van der Waals surface area contributed by atoms with Crippen LogP contribution in [0.4, 0.5) is 0 Å². The van der Waals surface area contributed by atoms with Gasteiger partial charge in [0.15, 0.2) is 0 Å². The predicted octanol–water partition coefficient (Wildman–Crippen LogP) is 1.05. The highest BCUT2D eigenvalue weighted by molar-refractivity contribution is 5.95. The first-order valence-electron chi connectivity index (χ1n) is 5.12. The summed E-state index contributed by atoms with van der Waals surface area (Å²) in [6.07, 6.45) is 1.73. The van der Waals surface area contributed by atoms with E-state index in [1.807, 2.05) is 24.0 Å². The minimum atomic E-state index is 0.511. The molecule has 0 atom stereocenters. The van der Waals surface area contributed by atoms with Crippen molar-refractivity contribution in [1.82, 2.24) is 9.88 Å². The van der Waals surface area contributed by atoms with Gasteiger partial charge in [0, 0.05) is 19.3 Å². The lowest BCUT2D eigenvalue weighted by Crippen LogP contribution is -2.41. The number of amidine groups is 1. The molecule has 2 heterocycles. The van der Waals surface area contributed by atoms with Crippen molar-refractivity contribution in [2.45, 2.75) is 6.92 Å². The quantitative estimate of drug-likeness (QED) is 0.550. The Labute approximate surface area is 89.4 Å². The molecule has 0 radical (unpaired) electrons. The Balaban J connectivity index is 2.16. The van der Waals surface area contributed by atoms with E-state index >= 15 is 0 Å². The van der Waals surface area contributed by atoms with Gasteiger partial charge in [-0.05, 0) is 18.6 Å². The minimum absolute atomic E-state index is 0.511. The van der Waals surface area contributed by atoms with Crippen LogP contribution < -0.4 is 0 Å². The van der Waals surface area contributed by atoms with E-state index in [0.29, 0.717) is 19.0 Å². The number of nitrogens with zero attached hydrogens (tertiary/aromatic N) is 2. The molecule has 4 heteroatoms. The first-order valence-corrected chi connectivity index (χ1v) is 5.12. The topological polar surface area (TPSA) is 49.2 Å². The van der Waals surface area contributed by atoms with Crippen molar-refractivity contribution in [2.24, 2.45) is 0 Å². The lowest BCUT2D eigenvalue weighted by molar-refractivity contribution is 0.0679. The second-order valence-electron chi connectivity index (χ2n) is 3.62. The van der Waals surface area contributed by atoms with Gasteiger partial charge in [-0.25, -0.2) is 0 Å². The molecule has 1 aromatic heterocycles. The van der Waals surface area contributed by atoms with Crippen molar-refractivity contribution in [3.05, 3.63) is 29.6 Å². The van der Waals surface area contributed by atoms with Gasteiger partial charge in [-0.3, -0.25) is 10.4 Å². The van der Waals surface area contributed by atoms with Crippen LogP contribution in [-0.4, -0.2) is 42.0 Å². The summed E-state index contributed by atoms with van der Waals surface area (Å²) in [5.41, 5.74) is 1.83. The lowest BCUT2D eigenvalue weighted by Gasteiger charge is -2.29. The van der Waals surface area contributed by atoms with Crippen LogP contribution in [0.25, 0.3) is 0 Å². The van der Waals surface area contributed by atoms with Gasteiger partial charge in [-0.2, -0.15) is 0 Å². The van der Waals surface area contributed by atoms with Crippen LogP contribution in [0.15, 0.2) is 18.3 Å². The maximum atomic E-state index is 8.07. The molecular weight excluding hydrogens is 190 g/mol. The zero-order valence-corrected chi connectivity index (χ0v) is 8.86. The highest BCUT2D eigenvalue weighted by Crippen LogP contribution is 2.08. The molecule has 1 aromatic rings. The van der Waals surface area contributed by atoms with Crippen LogP contribution in [0, 0.1) is 12.3 Å². The SMILES string of the molecule is Cc1cccnc1C(=N)N1CCOCC1. The monoisotopic (exact) mass is 205 g/mol. The molecule has 0 aromatic carbocycles. The number of hydrogen-bond donors (Lipinski definition) is 1. The molecule has 1 fully saturated rings. The molecule has 1 saturated heterocycles. The molecule has 0 saturated carbocycles. The van der Waals surface area contributed by atoms with Gasteiger partial charge in [-0.1, -0.05) is 6.07 Å². The van der Waals surface area contributed by atoms with Gasteiger partial charge in [-0.15, -0.1) is 0 Å². The van der Waals surface area contributed by atoms with E-state index in [-0.39, 0.29) is 0 Å². The summed E-state index contributed by atoms with van der Waals surface area (Å²) in [6.45, 7) is 4.96. The minimum Gasteiger partial charge on any atom is -0.378 e. The molecular formula is C11H15N3O. The van der Waals surface area contributed by atoms with Crippen molar-refractivity contribution in [3.8, 4) is 0 Å². The standard InChI is InChI=1S/C11H15N3O/c1-9-3-2-4-13-10(9)11(12)14-5-7-15-8-6-14/h2-4,12H,5-8H2,1H3. The van der Waals surface area contributed by atoms with Crippen molar-refractivity contribution in [1.29, 1.82) is 5.41 Å². The number of ether oxygens (including phenoxy) is 1. The summed E-state index contributed by atoms with van der Waals surface area (Å²) in [5.74, 6) is 0.511. The summed E-state index contributed by atoms with van der Waals surface area (Å²) in [6, 6.07) is 3.88. The summed E-state index contributed by atoms with van der Waals surface area (Å²) < 4.78 is 5.26. The molecule has 2 rings (SSSR count). The Morgan fingerprint density at radius 3 is 2.87 bits per heavy atom. The van der Waals surface area contributed by atoms with Crippen molar-refractivity contribution >= 4 is 5.84 Å². The maximum absolute atomic E-state index is 8.07. The Kier molecular flexibility index (Phi) is 2.97. The van der Waals surface area contributed by atoms with Crippen LogP contribution in [0.3, 0.4) is 0 Å². The van der Waals surface area contributed by atoms with Gasteiger partial charge in [0.2, 0.25) is 0 Å². The normalized spacial score (nSPS) is 16.5. The number of aryl methyl sites for hydroxylation is 1. The average molecular weight is 205 g/mol. The van der Waals surface area contributed by atoms with E-state index in [9.17, 15) is 0 Å². The summed E-state index contributed by atoms with van der Waals surface area (Å²) in [4.78, 5) is 6.26. The van der Waals surface area contributed by atoms with Crippen molar-refractivity contribution in [3.63, 3.8) is 0 Å². The van der Waals surface area contributed by atoms with E-state index in [4.69, 9.17) is 10.1 Å². The van der Waals surface area contributed by atoms with E-state index in [0.717, 1.165) is 24.3 Å². The van der Waals surface area contributed by atoms with Crippen molar-refractivity contribution < 1.29 is 4.74 Å². The molecule has 0 amide bonds. The lowest BCUT2D eigenvalue weighted by atomic mass is 10.2. The largest absolute Gasteiger partial charge is 0.378 e. The molecule has 15 heavy (non-hydrogen) atoms. The molecule has 0 spiro atoms. The maximum Gasteiger partial charge on any atom is 0.147 e. The predicted molar refractivity (Wildman–Crippen MR) is 58.2 cm³/mol. The third-order valence-electron chi connectivity index (χ3n) is 2.56. The Morgan fingerprint density at radius 1 is 1.47 bits per heavy atom. The van der Waals surface area contributed by atoms with E-state index in [1.54, 1.807) is 6.20 Å². The molecule has 4 nitrogen and oxygen atoms in total. The van der Waals surface area contributed by atoms with Crippen LogP contribution in [0.5, 0.6) is 0 Å². The Morgan fingerprint density at radius 2 is 2.20 bits per heavy atom. The van der Waals surface area contributed by atoms with E-state index in [1.165, 1.54) is 0 Å². The van der Waals surface area contributed by atoms with Crippen LogP contribution in [-0.2, 0) is 4.74 Å². The zero-order valence-electron chi connectivity index (χ0n) is 8.86. The first-order chi connectivity index (χ1) is 7.29. The van der Waals surface area contributed by atoms with Gasteiger partial charge in [0.1, 0.15) is 11.5 Å². The number of rotatable bonds is 1. The fourth-order valence-corrected chi connectivity index (χ4v) is 1.67. The molecule has 0 aliphatic carbocycles. The third kappa shape index (κ3) is 2.15. The number of morpholine rings is 1. The van der Waals surface area contributed by atoms with E-state index < -0.39 is 0 Å². The van der Waals surface area contributed by atoms with Crippen LogP contribution in [0.1, 0.15) is 11.3 Å². The van der Waals surface area contributed by atoms with Gasteiger partial charge in [0.25, 0.3) is 0 Å². The zero-order chi connectivity index (χ0) is 10.7. The number of nitrogens with one attached hydrogen (secondary N) is 1. The summed E-state index contributed by atoms with van der Waals surface area (Å²) in [5, 5.41) is 8.07. The molecule has 1 aliphatic rings. The van der Waals surface area contributed by atoms with E-state index in [2.05, 4.69) is 4.98 Å². The fraction of sp³-hybridized carbons (Fsp3) is 0.455. The first kappa shape index (κ1) is 10.1. The molecule has 0 bridgehead atoms. The number of hydrogen-bond acceptors (Lipinski definition) is 3. The second kappa shape index (κ2) is 4.40. The smallest absolute Gasteiger partial charge is 0.147 e. The molecule has 1 N–H and O–H groups in total. The second-order valence-corrected chi connectivity index (χ2v) is 3.62. The van der Waals surface area contributed by atoms with Crippen LogP contribution in [0.2, 0.25) is 0 Å².